The van der Waals surface area contributed by atoms with Gasteiger partial charge in [-0.05, 0) is 47.9 Å². The molecule has 1 saturated heterocycles. The molecule has 4 nitrogen and oxygen atoms in total. The minimum atomic E-state index is 0.258. The molecule has 4 heteroatoms. The van der Waals surface area contributed by atoms with Gasteiger partial charge in [0.1, 0.15) is 6.54 Å². The quantitative estimate of drug-likeness (QED) is 0.711. The van der Waals surface area contributed by atoms with Gasteiger partial charge in [-0.1, -0.05) is 48.5 Å². The highest BCUT2D eigenvalue weighted by Crippen LogP contribution is 2.23. The van der Waals surface area contributed by atoms with Crippen molar-refractivity contribution in [2.24, 2.45) is 0 Å². The monoisotopic (exact) mass is 402 g/mol. The molecule has 1 aliphatic rings. The number of likely N-dealkylation sites (N-methyl/N-ethyl adjacent to an activating group) is 1. The predicted octanol–water partition coefficient (Wildman–Crippen LogP) is 2.82. The second-order valence-electron chi connectivity index (χ2n) is 8.58. The van der Waals surface area contributed by atoms with E-state index in [1.807, 2.05) is 4.90 Å². The number of anilines is 1. The number of aryl methyl sites for hydroxylation is 1. The Morgan fingerprint density at radius 2 is 1.63 bits per heavy atom. The highest BCUT2D eigenvalue weighted by atomic mass is 16.2. The van der Waals surface area contributed by atoms with Crippen molar-refractivity contribution in [2.45, 2.75) is 20.4 Å². The van der Waals surface area contributed by atoms with Crippen LogP contribution in [0, 0.1) is 13.8 Å². The van der Waals surface area contributed by atoms with E-state index in [4.69, 9.17) is 0 Å². The Balaban J connectivity index is 1.31. The third-order valence-electron chi connectivity index (χ3n) is 6.32. The first kappa shape index (κ1) is 20.4. The number of rotatable bonds is 5. The Morgan fingerprint density at radius 1 is 0.900 bits per heavy atom. The van der Waals surface area contributed by atoms with Crippen LogP contribution < -0.4 is 9.80 Å². The lowest BCUT2D eigenvalue weighted by Gasteiger charge is -2.37. The van der Waals surface area contributed by atoms with Gasteiger partial charge in [0.05, 0.1) is 7.05 Å². The molecule has 1 atom stereocenters. The van der Waals surface area contributed by atoms with Gasteiger partial charge in [-0.3, -0.25) is 4.79 Å². The van der Waals surface area contributed by atoms with Gasteiger partial charge in [0.25, 0.3) is 5.91 Å². The summed E-state index contributed by atoms with van der Waals surface area (Å²) in [4.78, 5) is 18.5. The Kier molecular flexibility index (Phi) is 6.05. The summed E-state index contributed by atoms with van der Waals surface area (Å²) in [5.74, 6) is 0.258. The van der Waals surface area contributed by atoms with E-state index >= 15 is 0 Å². The topological polar surface area (TPSA) is 28.0 Å². The lowest BCUT2D eigenvalue weighted by atomic mass is 10.1. The summed E-state index contributed by atoms with van der Waals surface area (Å²) in [6.45, 7) is 9.15. The number of fused-ring (bicyclic) bond motifs is 1. The third-order valence-corrected chi connectivity index (χ3v) is 6.32. The molecular formula is C26H32N3O+. The average Bonchev–Trinajstić information content (AvgIpc) is 2.75. The van der Waals surface area contributed by atoms with Crippen LogP contribution in [0.25, 0.3) is 10.8 Å². The maximum atomic E-state index is 12.9. The summed E-state index contributed by atoms with van der Waals surface area (Å²) >= 11 is 0. The van der Waals surface area contributed by atoms with Crippen LogP contribution in [0.2, 0.25) is 0 Å². The second-order valence-corrected chi connectivity index (χ2v) is 8.58. The summed E-state index contributed by atoms with van der Waals surface area (Å²) < 4.78 is 0. The van der Waals surface area contributed by atoms with Crippen molar-refractivity contribution in [3.8, 4) is 0 Å². The molecule has 3 aromatic rings. The van der Waals surface area contributed by atoms with Crippen molar-refractivity contribution in [2.75, 3.05) is 44.7 Å². The van der Waals surface area contributed by atoms with Gasteiger partial charge in [-0.2, -0.15) is 0 Å². The van der Waals surface area contributed by atoms with Crippen molar-refractivity contribution < 1.29 is 9.69 Å². The van der Waals surface area contributed by atoms with Gasteiger partial charge in [0.2, 0.25) is 0 Å². The van der Waals surface area contributed by atoms with Gasteiger partial charge >= 0.3 is 0 Å². The summed E-state index contributed by atoms with van der Waals surface area (Å²) in [6, 6.07) is 21.5. The van der Waals surface area contributed by atoms with Gasteiger partial charge in [-0.15, -0.1) is 0 Å². The number of quaternary nitrogens is 1. The molecule has 0 aliphatic carbocycles. The molecule has 0 saturated carbocycles. The van der Waals surface area contributed by atoms with E-state index in [0.29, 0.717) is 6.54 Å². The fourth-order valence-electron chi connectivity index (χ4n) is 4.40. The highest BCUT2D eigenvalue weighted by molar-refractivity contribution is 5.83. The van der Waals surface area contributed by atoms with Gasteiger partial charge in [0.15, 0.2) is 6.54 Å². The van der Waals surface area contributed by atoms with E-state index in [-0.39, 0.29) is 5.91 Å². The van der Waals surface area contributed by atoms with Crippen LogP contribution in [-0.2, 0) is 11.3 Å². The SMILES string of the molecule is Cc1cccc(N2CCN(C(=O)C[NH+](C)Cc3ccc4ccccc4c3)CC2)c1C. The zero-order chi connectivity index (χ0) is 21.1. The van der Waals surface area contributed by atoms with Crippen molar-refractivity contribution in [1.29, 1.82) is 0 Å². The van der Waals surface area contributed by atoms with Crippen LogP contribution >= 0.6 is 0 Å². The van der Waals surface area contributed by atoms with E-state index < -0.39 is 0 Å². The van der Waals surface area contributed by atoms with E-state index in [0.717, 1.165) is 32.7 Å². The maximum absolute atomic E-state index is 12.9. The molecule has 1 unspecified atom stereocenters. The minimum Gasteiger partial charge on any atom is -0.368 e. The number of nitrogens with zero attached hydrogens (tertiary/aromatic N) is 2. The number of carbonyl (C=O) groups is 1. The van der Waals surface area contributed by atoms with Gasteiger partial charge < -0.3 is 14.7 Å². The molecule has 1 heterocycles. The molecule has 1 N–H and O–H groups in total. The predicted molar refractivity (Wildman–Crippen MR) is 124 cm³/mol. The van der Waals surface area contributed by atoms with Crippen LogP contribution in [0.15, 0.2) is 60.7 Å². The summed E-state index contributed by atoms with van der Waals surface area (Å²) in [6.07, 6.45) is 0. The number of hydrogen-bond acceptors (Lipinski definition) is 2. The molecule has 0 aromatic heterocycles. The number of benzene rings is 3. The Bertz CT molecular complexity index is 1040. The Labute approximate surface area is 179 Å². The van der Waals surface area contributed by atoms with Crippen molar-refractivity contribution in [3.05, 3.63) is 77.4 Å². The van der Waals surface area contributed by atoms with E-state index in [1.165, 1.54) is 38.1 Å². The lowest BCUT2D eigenvalue weighted by molar-refractivity contribution is -0.885. The second kappa shape index (κ2) is 8.88. The largest absolute Gasteiger partial charge is 0.368 e. The van der Waals surface area contributed by atoms with Crippen LogP contribution in [0.5, 0.6) is 0 Å². The van der Waals surface area contributed by atoms with Gasteiger partial charge in [0, 0.05) is 37.4 Å². The molecule has 3 aromatic carbocycles. The first-order valence-electron chi connectivity index (χ1n) is 10.9. The van der Waals surface area contributed by atoms with Crippen LogP contribution in [-0.4, -0.2) is 50.6 Å². The normalized spacial score (nSPS) is 15.4. The standard InChI is InChI=1S/C26H31N3O/c1-20-7-6-10-25(21(20)2)28-13-15-29(16-14-28)26(30)19-27(3)18-22-11-12-23-8-4-5-9-24(23)17-22/h4-12,17H,13-16,18-19H2,1-3H3/p+1. The highest BCUT2D eigenvalue weighted by Gasteiger charge is 2.24. The first-order valence-corrected chi connectivity index (χ1v) is 10.9. The molecule has 1 aliphatic heterocycles. The number of hydrogen-bond donors (Lipinski definition) is 1. The first-order chi connectivity index (χ1) is 14.5. The Morgan fingerprint density at radius 3 is 2.40 bits per heavy atom. The fraction of sp³-hybridized carbons (Fsp3) is 0.346. The molecule has 30 heavy (non-hydrogen) atoms. The molecule has 0 spiro atoms. The van der Waals surface area contributed by atoms with E-state index in [9.17, 15) is 4.79 Å². The summed E-state index contributed by atoms with van der Waals surface area (Å²) in [7, 11) is 2.11. The molecule has 4 rings (SSSR count). The molecule has 1 fully saturated rings. The third kappa shape index (κ3) is 4.49. The number of nitrogens with one attached hydrogen (secondary N) is 1. The van der Waals surface area contributed by atoms with Crippen LogP contribution in [0.4, 0.5) is 5.69 Å². The van der Waals surface area contributed by atoms with Crippen molar-refractivity contribution >= 4 is 22.4 Å². The van der Waals surface area contributed by atoms with Gasteiger partial charge in [-0.25, -0.2) is 0 Å². The number of carbonyl (C=O) groups excluding carboxylic acids is 1. The van der Waals surface area contributed by atoms with Crippen molar-refractivity contribution in [3.63, 3.8) is 0 Å². The van der Waals surface area contributed by atoms with Crippen LogP contribution in [0.1, 0.15) is 16.7 Å². The van der Waals surface area contributed by atoms with Crippen molar-refractivity contribution in [1.82, 2.24) is 4.90 Å². The Hall–Kier alpha value is -2.85. The molecular weight excluding hydrogens is 370 g/mol. The number of amides is 1. The number of piperazine rings is 1. The summed E-state index contributed by atoms with van der Waals surface area (Å²) in [5, 5.41) is 2.52. The molecule has 0 bridgehead atoms. The average molecular weight is 403 g/mol. The fourth-order valence-corrected chi connectivity index (χ4v) is 4.40. The molecule has 156 valence electrons. The zero-order valence-electron chi connectivity index (χ0n) is 18.3. The van der Waals surface area contributed by atoms with Crippen LogP contribution in [0.3, 0.4) is 0 Å². The smallest absolute Gasteiger partial charge is 0.277 e. The summed E-state index contributed by atoms with van der Waals surface area (Å²) in [5.41, 5.74) is 5.25. The minimum absolute atomic E-state index is 0.258. The zero-order valence-corrected chi connectivity index (χ0v) is 18.3. The molecule has 1 amide bonds. The molecule has 0 radical (unpaired) electrons. The van der Waals surface area contributed by atoms with E-state index in [1.54, 1.807) is 0 Å². The maximum Gasteiger partial charge on any atom is 0.277 e. The van der Waals surface area contributed by atoms with E-state index in [2.05, 4.69) is 86.5 Å². The lowest BCUT2D eigenvalue weighted by Crippen LogP contribution is -3.09.